The number of carbonyl (C=O) groups excluding carboxylic acids is 2. The van der Waals surface area contributed by atoms with Crippen LogP contribution in [0.25, 0.3) is 0 Å². The van der Waals surface area contributed by atoms with E-state index in [9.17, 15) is 18.0 Å². The molecule has 1 amide bonds. The van der Waals surface area contributed by atoms with Gasteiger partial charge in [0.05, 0.1) is 16.1 Å². The molecule has 0 radical (unpaired) electrons. The van der Waals surface area contributed by atoms with Crippen LogP contribution in [-0.2, 0) is 19.6 Å². The van der Waals surface area contributed by atoms with Crippen molar-refractivity contribution < 1.29 is 22.7 Å². The number of nitrogens with one attached hydrogen (secondary N) is 1. The summed E-state index contributed by atoms with van der Waals surface area (Å²) in [6.45, 7) is 1.52. The Morgan fingerprint density at radius 1 is 1.10 bits per heavy atom. The number of hydrogen-bond donors (Lipinski definition) is 1. The molecule has 0 spiro atoms. The molecule has 0 heterocycles. The van der Waals surface area contributed by atoms with Crippen LogP contribution in [-0.4, -0.2) is 40.0 Å². The van der Waals surface area contributed by atoms with Gasteiger partial charge in [-0.3, -0.25) is 9.10 Å². The zero-order valence-corrected chi connectivity index (χ0v) is 17.9. The number of sulfonamides is 1. The van der Waals surface area contributed by atoms with Gasteiger partial charge in [-0.2, -0.15) is 0 Å². The van der Waals surface area contributed by atoms with Crippen LogP contribution in [0.2, 0.25) is 0 Å². The second kappa shape index (κ2) is 9.30. The minimum absolute atomic E-state index is 0.0320. The summed E-state index contributed by atoms with van der Waals surface area (Å²) in [6, 6.07) is 12.8. The van der Waals surface area contributed by atoms with Gasteiger partial charge < -0.3 is 10.1 Å². The molecule has 0 bridgehead atoms. The standard InChI is InChI=1S/C22H26N2O5S/c1-16-10-12-19(13-11-16)24(2)30(27,28)20-9-5-6-17(14-20)22(26)29-15-21(25)23-18-7-3-4-8-18/h5-6,9-14,18H,3-4,7-8,15H2,1-2H3,(H,23,25). The highest BCUT2D eigenvalue weighted by molar-refractivity contribution is 7.92. The molecule has 1 saturated carbocycles. The third-order valence-electron chi connectivity index (χ3n) is 5.18. The first-order valence-corrected chi connectivity index (χ1v) is 11.3. The second-order valence-corrected chi connectivity index (χ2v) is 9.43. The van der Waals surface area contributed by atoms with E-state index in [0.717, 1.165) is 35.6 Å². The van der Waals surface area contributed by atoms with E-state index in [1.165, 1.54) is 31.3 Å². The van der Waals surface area contributed by atoms with Crippen molar-refractivity contribution >= 4 is 27.6 Å². The average molecular weight is 431 g/mol. The maximum absolute atomic E-state index is 13.0. The molecular weight excluding hydrogens is 404 g/mol. The van der Waals surface area contributed by atoms with Crippen molar-refractivity contribution in [3.05, 3.63) is 59.7 Å². The highest BCUT2D eigenvalue weighted by atomic mass is 32.2. The van der Waals surface area contributed by atoms with Crippen molar-refractivity contribution in [3.8, 4) is 0 Å². The Hall–Kier alpha value is -2.87. The summed E-state index contributed by atoms with van der Waals surface area (Å²) in [5, 5.41) is 2.84. The molecule has 30 heavy (non-hydrogen) atoms. The predicted octanol–water partition coefficient (Wildman–Crippen LogP) is 3.04. The lowest BCUT2D eigenvalue weighted by molar-refractivity contribution is -0.124. The zero-order chi connectivity index (χ0) is 21.7. The third kappa shape index (κ3) is 5.18. The molecule has 1 N–H and O–H groups in total. The lowest BCUT2D eigenvalue weighted by Crippen LogP contribution is -2.35. The number of aryl methyl sites for hydroxylation is 1. The van der Waals surface area contributed by atoms with Crippen LogP contribution < -0.4 is 9.62 Å². The van der Waals surface area contributed by atoms with Gasteiger partial charge in [-0.15, -0.1) is 0 Å². The van der Waals surface area contributed by atoms with Crippen molar-refractivity contribution in [2.45, 2.75) is 43.5 Å². The summed E-state index contributed by atoms with van der Waals surface area (Å²) in [7, 11) is -2.40. The maximum atomic E-state index is 13.0. The first kappa shape index (κ1) is 21.8. The van der Waals surface area contributed by atoms with E-state index in [1.54, 1.807) is 12.1 Å². The summed E-state index contributed by atoms with van der Waals surface area (Å²) >= 11 is 0. The van der Waals surface area contributed by atoms with Crippen molar-refractivity contribution in [1.82, 2.24) is 5.32 Å². The van der Waals surface area contributed by atoms with Crippen LogP contribution in [0.5, 0.6) is 0 Å². The van der Waals surface area contributed by atoms with Gasteiger partial charge >= 0.3 is 5.97 Å². The van der Waals surface area contributed by atoms with E-state index in [-0.39, 0.29) is 22.4 Å². The van der Waals surface area contributed by atoms with E-state index in [1.807, 2.05) is 19.1 Å². The number of amides is 1. The SMILES string of the molecule is Cc1ccc(N(C)S(=O)(=O)c2cccc(C(=O)OCC(=O)NC3CCCC3)c2)cc1. The highest BCUT2D eigenvalue weighted by Crippen LogP contribution is 2.23. The van der Waals surface area contributed by atoms with Crippen LogP contribution in [0.3, 0.4) is 0 Å². The summed E-state index contributed by atoms with van der Waals surface area (Å²) in [4.78, 5) is 24.2. The fraction of sp³-hybridized carbons (Fsp3) is 0.364. The summed E-state index contributed by atoms with van der Waals surface area (Å²) < 4.78 is 32.1. The van der Waals surface area contributed by atoms with Gasteiger partial charge in [-0.05, 0) is 50.1 Å². The number of esters is 1. The van der Waals surface area contributed by atoms with Gasteiger partial charge in [0.1, 0.15) is 0 Å². The quantitative estimate of drug-likeness (QED) is 0.682. The normalized spacial score (nSPS) is 14.3. The van der Waals surface area contributed by atoms with E-state index in [4.69, 9.17) is 4.74 Å². The number of nitrogens with zero attached hydrogens (tertiary/aromatic N) is 1. The fourth-order valence-electron chi connectivity index (χ4n) is 3.39. The Labute approximate surface area is 177 Å². The Bertz CT molecular complexity index is 1010. The molecule has 160 valence electrons. The Kier molecular flexibility index (Phi) is 6.77. The van der Waals surface area contributed by atoms with Crippen LogP contribution >= 0.6 is 0 Å². The molecule has 1 aliphatic rings. The molecule has 7 nitrogen and oxygen atoms in total. The van der Waals surface area contributed by atoms with E-state index in [0.29, 0.717) is 5.69 Å². The van der Waals surface area contributed by atoms with Crippen molar-refractivity contribution in [3.63, 3.8) is 0 Å². The van der Waals surface area contributed by atoms with Crippen LogP contribution in [0.1, 0.15) is 41.6 Å². The predicted molar refractivity (Wildman–Crippen MR) is 114 cm³/mol. The Morgan fingerprint density at radius 3 is 2.43 bits per heavy atom. The number of anilines is 1. The van der Waals surface area contributed by atoms with Crippen LogP contribution in [0.4, 0.5) is 5.69 Å². The minimum atomic E-state index is -3.86. The van der Waals surface area contributed by atoms with Gasteiger partial charge in [-0.1, -0.05) is 36.6 Å². The average Bonchev–Trinajstić information content (AvgIpc) is 3.25. The molecule has 2 aromatic rings. The molecule has 8 heteroatoms. The van der Waals surface area contributed by atoms with Gasteiger partial charge in [0.15, 0.2) is 6.61 Å². The Balaban J connectivity index is 1.67. The number of rotatable bonds is 7. The summed E-state index contributed by atoms with van der Waals surface area (Å²) in [5.41, 5.74) is 1.60. The van der Waals surface area contributed by atoms with E-state index >= 15 is 0 Å². The second-order valence-electron chi connectivity index (χ2n) is 7.46. The number of benzene rings is 2. The molecule has 0 atom stereocenters. The molecule has 0 aromatic heterocycles. The van der Waals surface area contributed by atoms with Crippen molar-refractivity contribution in [2.24, 2.45) is 0 Å². The molecule has 3 rings (SSSR count). The first-order valence-electron chi connectivity index (χ1n) is 9.89. The van der Waals surface area contributed by atoms with Crippen molar-refractivity contribution in [1.29, 1.82) is 0 Å². The molecular formula is C22H26N2O5S. The van der Waals surface area contributed by atoms with Gasteiger partial charge in [-0.25, -0.2) is 13.2 Å². The highest BCUT2D eigenvalue weighted by Gasteiger charge is 2.23. The first-order chi connectivity index (χ1) is 14.3. The van der Waals surface area contributed by atoms with E-state index in [2.05, 4.69) is 5.32 Å². The number of hydrogen-bond acceptors (Lipinski definition) is 5. The minimum Gasteiger partial charge on any atom is -0.452 e. The molecule has 1 aliphatic carbocycles. The topological polar surface area (TPSA) is 92.8 Å². The van der Waals surface area contributed by atoms with Crippen LogP contribution in [0.15, 0.2) is 53.4 Å². The summed E-state index contributed by atoms with van der Waals surface area (Å²) in [5.74, 6) is -1.09. The maximum Gasteiger partial charge on any atom is 0.338 e. The van der Waals surface area contributed by atoms with Crippen LogP contribution in [0, 0.1) is 6.92 Å². The molecule has 0 unspecified atom stereocenters. The molecule has 0 saturated heterocycles. The zero-order valence-electron chi connectivity index (χ0n) is 17.1. The van der Waals surface area contributed by atoms with E-state index < -0.39 is 22.6 Å². The van der Waals surface area contributed by atoms with Gasteiger partial charge in [0.25, 0.3) is 15.9 Å². The van der Waals surface area contributed by atoms with Gasteiger partial charge in [0, 0.05) is 13.1 Å². The van der Waals surface area contributed by atoms with Crippen molar-refractivity contribution in [2.75, 3.05) is 18.0 Å². The summed E-state index contributed by atoms with van der Waals surface area (Å²) in [6.07, 6.45) is 4.05. The lowest BCUT2D eigenvalue weighted by atomic mass is 10.2. The Morgan fingerprint density at radius 2 is 1.77 bits per heavy atom. The molecule has 2 aromatic carbocycles. The lowest BCUT2D eigenvalue weighted by Gasteiger charge is -2.20. The third-order valence-corrected chi connectivity index (χ3v) is 6.96. The fourth-order valence-corrected chi connectivity index (χ4v) is 4.63. The van der Waals surface area contributed by atoms with Gasteiger partial charge in [0.2, 0.25) is 0 Å². The largest absolute Gasteiger partial charge is 0.452 e. The molecule has 1 fully saturated rings. The number of ether oxygens (including phenoxy) is 1. The number of carbonyl (C=O) groups is 2. The molecule has 0 aliphatic heterocycles. The smallest absolute Gasteiger partial charge is 0.338 e. The monoisotopic (exact) mass is 430 g/mol.